The molecule has 1 atom stereocenters. The van der Waals surface area contributed by atoms with Crippen LogP contribution in [0.4, 0.5) is 0 Å². The molecule has 0 saturated carbocycles. The maximum absolute atomic E-state index is 12.4. The van der Waals surface area contributed by atoms with E-state index in [0.717, 1.165) is 25.9 Å². The molecule has 3 aliphatic heterocycles. The summed E-state index contributed by atoms with van der Waals surface area (Å²) in [6.07, 6.45) is 1.51. The smallest absolute Gasteiger partial charge is 0.261 e. The van der Waals surface area contributed by atoms with Crippen LogP contribution in [-0.2, 0) is 9.53 Å². The molecule has 2 saturated heterocycles. The van der Waals surface area contributed by atoms with Gasteiger partial charge in [0.1, 0.15) is 6.10 Å². The van der Waals surface area contributed by atoms with Crippen molar-refractivity contribution >= 4 is 17.7 Å². The number of nitrogens with zero attached hydrogens (tertiary/aromatic N) is 3. The number of piperazine rings is 1. The third-order valence-electron chi connectivity index (χ3n) is 5.41. The van der Waals surface area contributed by atoms with Gasteiger partial charge in [0, 0.05) is 45.9 Å². The van der Waals surface area contributed by atoms with Gasteiger partial charge in [0.25, 0.3) is 17.7 Å². The molecule has 1 unspecified atom stereocenters. The van der Waals surface area contributed by atoms with Gasteiger partial charge in [0.05, 0.1) is 11.1 Å². The molecular formula is C19H23N3O4. The number of ether oxygens (including phenoxy) is 1. The lowest BCUT2D eigenvalue weighted by molar-refractivity contribution is -0.142. The van der Waals surface area contributed by atoms with E-state index < -0.39 is 0 Å². The van der Waals surface area contributed by atoms with E-state index >= 15 is 0 Å². The maximum Gasteiger partial charge on any atom is 0.261 e. The van der Waals surface area contributed by atoms with Crippen molar-refractivity contribution in [3.8, 4) is 0 Å². The van der Waals surface area contributed by atoms with Gasteiger partial charge < -0.3 is 9.64 Å². The molecule has 0 radical (unpaired) electrons. The first-order valence-corrected chi connectivity index (χ1v) is 9.23. The van der Waals surface area contributed by atoms with Gasteiger partial charge in [-0.2, -0.15) is 0 Å². The number of imide groups is 1. The predicted octanol–water partition coefficient (Wildman–Crippen LogP) is 0.606. The van der Waals surface area contributed by atoms with E-state index in [1.165, 1.54) is 4.90 Å². The minimum Gasteiger partial charge on any atom is -0.368 e. The molecule has 7 nitrogen and oxygen atoms in total. The predicted molar refractivity (Wildman–Crippen MR) is 93.8 cm³/mol. The summed E-state index contributed by atoms with van der Waals surface area (Å²) in [5.41, 5.74) is 0.981. The normalized spacial score (nSPS) is 23.6. The summed E-state index contributed by atoms with van der Waals surface area (Å²) in [6.45, 7) is 4.53. The lowest BCUT2D eigenvalue weighted by atomic mass is 10.1. The van der Waals surface area contributed by atoms with Crippen molar-refractivity contribution in [3.63, 3.8) is 0 Å². The van der Waals surface area contributed by atoms with E-state index in [0.29, 0.717) is 43.9 Å². The first-order chi connectivity index (χ1) is 12.6. The fraction of sp³-hybridized carbons (Fsp3) is 0.526. The quantitative estimate of drug-likeness (QED) is 0.739. The summed E-state index contributed by atoms with van der Waals surface area (Å²) in [7, 11) is 0. The van der Waals surface area contributed by atoms with E-state index in [2.05, 4.69) is 4.90 Å². The third-order valence-corrected chi connectivity index (χ3v) is 5.41. The van der Waals surface area contributed by atoms with Crippen LogP contribution in [-0.4, -0.2) is 84.4 Å². The Balaban J connectivity index is 1.27. The first-order valence-electron chi connectivity index (χ1n) is 9.23. The van der Waals surface area contributed by atoms with Crippen LogP contribution in [0.3, 0.4) is 0 Å². The number of hydrogen-bond acceptors (Lipinski definition) is 5. The van der Waals surface area contributed by atoms with E-state index in [-0.39, 0.29) is 23.8 Å². The van der Waals surface area contributed by atoms with Crippen LogP contribution < -0.4 is 0 Å². The van der Waals surface area contributed by atoms with Gasteiger partial charge in [-0.3, -0.25) is 24.2 Å². The minimum atomic E-state index is -0.264. The summed E-state index contributed by atoms with van der Waals surface area (Å²) >= 11 is 0. The molecule has 0 spiro atoms. The maximum atomic E-state index is 12.4. The first kappa shape index (κ1) is 17.2. The van der Waals surface area contributed by atoms with Crippen LogP contribution in [0, 0.1) is 0 Å². The SMILES string of the molecule is O=C(C1CCCO1)N1CCN(CCN2C(=O)c3ccccc3C2=O)CC1. The van der Waals surface area contributed by atoms with Crippen molar-refractivity contribution in [2.24, 2.45) is 0 Å². The van der Waals surface area contributed by atoms with Gasteiger partial charge >= 0.3 is 0 Å². The minimum absolute atomic E-state index is 0.0995. The monoisotopic (exact) mass is 357 g/mol. The van der Waals surface area contributed by atoms with Crippen molar-refractivity contribution in [1.29, 1.82) is 0 Å². The molecule has 138 valence electrons. The molecule has 1 aromatic rings. The van der Waals surface area contributed by atoms with Gasteiger partial charge in [-0.05, 0) is 25.0 Å². The number of hydrogen-bond donors (Lipinski definition) is 0. The Bertz CT molecular complexity index is 686. The molecular weight excluding hydrogens is 334 g/mol. The van der Waals surface area contributed by atoms with Crippen molar-refractivity contribution in [1.82, 2.24) is 14.7 Å². The molecule has 3 amide bonds. The Kier molecular flexibility index (Phi) is 4.74. The molecule has 26 heavy (non-hydrogen) atoms. The summed E-state index contributed by atoms with van der Waals surface area (Å²) < 4.78 is 5.48. The fourth-order valence-corrected chi connectivity index (χ4v) is 3.85. The molecule has 0 N–H and O–H groups in total. The summed E-state index contributed by atoms with van der Waals surface area (Å²) in [5, 5.41) is 0. The second-order valence-electron chi connectivity index (χ2n) is 6.98. The zero-order chi connectivity index (χ0) is 18.1. The Morgan fingerprint density at radius 1 is 1.00 bits per heavy atom. The highest BCUT2D eigenvalue weighted by molar-refractivity contribution is 6.21. The molecule has 0 aliphatic carbocycles. The molecule has 2 fully saturated rings. The van der Waals surface area contributed by atoms with E-state index in [9.17, 15) is 14.4 Å². The van der Waals surface area contributed by atoms with Crippen molar-refractivity contribution in [2.45, 2.75) is 18.9 Å². The Labute approximate surface area is 152 Å². The van der Waals surface area contributed by atoms with Crippen LogP contribution in [0.25, 0.3) is 0 Å². The molecule has 7 heteroatoms. The van der Waals surface area contributed by atoms with Crippen LogP contribution in [0.5, 0.6) is 0 Å². The molecule has 0 bridgehead atoms. The Hall–Kier alpha value is -2.25. The third kappa shape index (κ3) is 3.12. The van der Waals surface area contributed by atoms with Crippen LogP contribution in [0.2, 0.25) is 0 Å². The number of benzene rings is 1. The highest BCUT2D eigenvalue weighted by Crippen LogP contribution is 2.22. The molecule has 3 aliphatic rings. The lowest BCUT2D eigenvalue weighted by Crippen LogP contribution is -2.52. The van der Waals surface area contributed by atoms with Gasteiger partial charge in [-0.1, -0.05) is 12.1 Å². The lowest BCUT2D eigenvalue weighted by Gasteiger charge is -2.36. The molecule has 3 heterocycles. The van der Waals surface area contributed by atoms with Crippen LogP contribution in [0.1, 0.15) is 33.6 Å². The fourth-order valence-electron chi connectivity index (χ4n) is 3.85. The number of carbonyl (C=O) groups excluding carboxylic acids is 3. The van der Waals surface area contributed by atoms with Gasteiger partial charge in [0.2, 0.25) is 0 Å². The largest absolute Gasteiger partial charge is 0.368 e. The second-order valence-corrected chi connectivity index (χ2v) is 6.98. The molecule has 0 aromatic heterocycles. The van der Waals surface area contributed by atoms with Crippen molar-refractivity contribution in [2.75, 3.05) is 45.9 Å². The Morgan fingerprint density at radius 2 is 1.65 bits per heavy atom. The average molecular weight is 357 g/mol. The number of rotatable bonds is 4. The van der Waals surface area contributed by atoms with Crippen LogP contribution >= 0.6 is 0 Å². The number of amides is 3. The van der Waals surface area contributed by atoms with Crippen molar-refractivity contribution in [3.05, 3.63) is 35.4 Å². The van der Waals surface area contributed by atoms with Gasteiger partial charge in [-0.15, -0.1) is 0 Å². The summed E-state index contributed by atoms with van der Waals surface area (Å²) in [6, 6.07) is 6.95. The van der Waals surface area contributed by atoms with E-state index in [1.54, 1.807) is 24.3 Å². The van der Waals surface area contributed by atoms with Crippen molar-refractivity contribution < 1.29 is 19.1 Å². The summed E-state index contributed by atoms with van der Waals surface area (Å²) in [4.78, 5) is 42.5. The van der Waals surface area contributed by atoms with E-state index in [1.807, 2.05) is 4.90 Å². The van der Waals surface area contributed by atoms with Gasteiger partial charge in [0.15, 0.2) is 0 Å². The second kappa shape index (κ2) is 7.17. The zero-order valence-corrected chi connectivity index (χ0v) is 14.7. The number of fused-ring (bicyclic) bond motifs is 1. The van der Waals surface area contributed by atoms with Gasteiger partial charge in [-0.25, -0.2) is 0 Å². The highest BCUT2D eigenvalue weighted by atomic mass is 16.5. The standard InChI is InChI=1S/C19H23N3O4/c23-17-14-4-1-2-5-15(14)18(24)22(17)12-9-20-7-10-21(11-8-20)19(25)16-6-3-13-26-16/h1-2,4-5,16H,3,6-13H2. The molecule has 4 rings (SSSR count). The van der Waals surface area contributed by atoms with Crippen LogP contribution in [0.15, 0.2) is 24.3 Å². The molecule has 1 aromatic carbocycles. The number of carbonyl (C=O) groups is 3. The topological polar surface area (TPSA) is 70.2 Å². The summed E-state index contributed by atoms with van der Waals surface area (Å²) in [5.74, 6) is -0.321. The average Bonchev–Trinajstić information content (AvgIpc) is 3.29. The Morgan fingerprint density at radius 3 is 2.23 bits per heavy atom. The zero-order valence-electron chi connectivity index (χ0n) is 14.7. The van der Waals surface area contributed by atoms with E-state index in [4.69, 9.17) is 4.74 Å². The highest BCUT2D eigenvalue weighted by Gasteiger charge is 2.35.